The van der Waals surface area contributed by atoms with E-state index >= 15 is 0 Å². The molecule has 1 N–H and O–H groups in total. The molecule has 0 radical (unpaired) electrons. The average molecular weight is 407 g/mol. The highest BCUT2D eigenvalue weighted by Gasteiger charge is 2.19. The number of hydrogen-bond acceptors (Lipinski definition) is 5. The Bertz CT molecular complexity index is 779. The molecule has 1 fully saturated rings. The molecule has 1 heterocycles. The predicted octanol–water partition coefficient (Wildman–Crippen LogP) is 4.47. The molecule has 0 bridgehead atoms. The van der Waals surface area contributed by atoms with Gasteiger partial charge in [0.1, 0.15) is 11.9 Å². The van der Waals surface area contributed by atoms with Crippen molar-refractivity contribution in [3.05, 3.63) is 59.1 Å². The van der Waals surface area contributed by atoms with Crippen LogP contribution >= 0.6 is 35.1 Å². The van der Waals surface area contributed by atoms with Crippen LogP contribution in [0.3, 0.4) is 0 Å². The van der Waals surface area contributed by atoms with Crippen molar-refractivity contribution < 1.29 is 9.53 Å². The average Bonchev–Trinajstić information content (AvgIpc) is 2.60. The first-order valence-electron chi connectivity index (χ1n) is 8.20. The highest BCUT2D eigenvalue weighted by molar-refractivity contribution is 8.00. The number of rotatable bonds is 7. The van der Waals surface area contributed by atoms with Gasteiger partial charge in [0.15, 0.2) is 0 Å². The molecule has 3 rings (SSSR count). The number of nitrogens with zero attached hydrogens (tertiary/aromatic N) is 1. The monoisotopic (exact) mass is 406 g/mol. The number of thioether (sulfide) groups is 2. The summed E-state index contributed by atoms with van der Waals surface area (Å²) in [6, 6.07) is 15.1. The summed E-state index contributed by atoms with van der Waals surface area (Å²) in [6.07, 6.45) is 1.93. The highest BCUT2D eigenvalue weighted by atomic mass is 35.5. The summed E-state index contributed by atoms with van der Waals surface area (Å²) in [4.78, 5) is 13.2. The maximum atomic E-state index is 12.2. The van der Waals surface area contributed by atoms with Crippen LogP contribution in [-0.4, -0.2) is 35.0 Å². The highest BCUT2D eigenvalue weighted by Crippen LogP contribution is 2.25. The lowest BCUT2D eigenvalue weighted by Crippen LogP contribution is -2.31. The third kappa shape index (κ3) is 5.69. The number of halogens is 1. The van der Waals surface area contributed by atoms with E-state index in [4.69, 9.17) is 16.3 Å². The van der Waals surface area contributed by atoms with Crippen LogP contribution in [0.1, 0.15) is 12.5 Å². The molecule has 0 spiro atoms. The second-order valence-electron chi connectivity index (χ2n) is 5.80. The lowest BCUT2D eigenvalue weighted by molar-refractivity contribution is -0.120. The van der Waals surface area contributed by atoms with Gasteiger partial charge in [-0.2, -0.15) is 16.9 Å². The number of carbonyl (C=O) groups excluding carboxylic acids is 1. The maximum Gasteiger partial charge on any atom is 0.253 e. The summed E-state index contributed by atoms with van der Waals surface area (Å²) >= 11 is 9.21. The van der Waals surface area contributed by atoms with E-state index < -0.39 is 0 Å². The van der Waals surface area contributed by atoms with Crippen LogP contribution in [0.2, 0.25) is 5.02 Å². The van der Waals surface area contributed by atoms with E-state index in [1.165, 1.54) is 11.8 Å². The van der Waals surface area contributed by atoms with Crippen LogP contribution in [0.15, 0.2) is 58.5 Å². The topological polar surface area (TPSA) is 50.7 Å². The van der Waals surface area contributed by atoms with E-state index in [2.05, 4.69) is 10.5 Å². The van der Waals surface area contributed by atoms with Crippen molar-refractivity contribution in [3.8, 4) is 5.75 Å². The minimum absolute atomic E-state index is 0.153. The first-order chi connectivity index (χ1) is 12.6. The molecule has 1 saturated heterocycles. The van der Waals surface area contributed by atoms with Gasteiger partial charge in [0.05, 0.1) is 11.5 Å². The molecule has 1 amide bonds. The molecule has 4 nitrogen and oxygen atoms in total. The van der Waals surface area contributed by atoms with E-state index in [1.54, 1.807) is 6.21 Å². The molecule has 0 aromatic heterocycles. The molecule has 1 aliphatic heterocycles. The fraction of sp³-hybridized carbons (Fsp3) is 0.263. The van der Waals surface area contributed by atoms with E-state index in [0.717, 1.165) is 27.7 Å². The Morgan fingerprint density at radius 2 is 2.12 bits per heavy atom. The fourth-order valence-electron chi connectivity index (χ4n) is 2.17. The van der Waals surface area contributed by atoms with Crippen LogP contribution in [0.4, 0.5) is 0 Å². The third-order valence-corrected chi connectivity index (χ3v) is 6.23. The van der Waals surface area contributed by atoms with Gasteiger partial charge in [-0.15, -0.1) is 11.8 Å². The molecule has 7 heteroatoms. The summed E-state index contributed by atoms with van der Waals surface area (Å²) in [5.41, 5.74) is 3.47. The van der Waals surface area contributed by atoms with Gasteiger partial charge >= 0.3 is 0 Å². The third-order valence-electron chi connectivity index (χ3n) is 3.65. The van der Waals surface area contributed by atoms with Gasteiger partial charge < -0.3 is 4.74 Å². The number of nitrogens with one attached hydrogen (secondary N) is 1. The fourth-order valence-corrected chi connectivity index (χ4v) is 3.73. The summed E-state index contributed by atoms with van der Waals surface area (Å²) < 4.78 is 5.85. The Labute approximate surface area is 166 Å². The molecule has 0 saturated carbocycles. The van der Waals surface area contributed by atoms with Gasteiger partial charge in [0.2, 0.25) is 0 Å². The Kier molecular flexibility index (Phi) is 6.88. The Hall–Kier alpha value is -1.63. The van der Waals surface area contributed by atoms with Gasteiger partial charge in [0.25, 0.3) is 5.91 Å². The SMILES string of the molecule is C[C@H](Sc1ccc(Cl)cc1)C(=O)N/N=C\c1cccc(OC2CSC2)c1. The molecule has 0 unspecified atom stereocenters. The Balaban J connectivity index is 1.49. The van der Waals surface area contributed by atoms with Crippen molar-refractivity contribution >= 4 is 47.2 Å². The molecule has 2 aromatic rings. The lowest BCUT2D eigenvalue weighted by Gasteiger charge is -2.25. The van der Waals surface area contributed by atoms with Crippen LogP contribution in [-0.2, 0) is 4.79 Å². The Morgan fingerprint density at radius 3 is 2.81 bits per heavy atom. The van der Waals surface area contributed by atoms with Crippen LogP contribution < -0.4 is 10.2 Å². The zero-order chi connectivity index (χ0) is 18.4. The number of hydrogen-bond donors (Lipinski definition) is 1. The molecule has 1 atom stereocenters. The number of benzene rings is 2. The van der Waals surface area contributed by atoms with Gasteiger partial charge in [0, 0.05) is 21.4 Å². The number of hydrazone groups is 1. The van der Waals surface area contributed by atoms with Gasteiger partial charge in [-0.1, -0.05) is 23.7 Å². The number of carbonyl (C=O) groups is 1. The second-order valence-corrected chi connectivity index (χ2v) is 8.72. The van der Waals surface area contributed by atoms with Gasteiger partial charge in [-0.25, -0.2) is 5.43 Å². The van der Waals surface area contributed by atoms with Crippen molar-refractivity contribution in [2.45, 2.75) is 23.2 Å². The summed E-state index contributed by atoms with van der Waals surface area (Å²) in [7, 11) is 0. The molecule has 136 valence electrons. The van der Waals surface area contributed by atoms with Crippen molar-refractivity contribution in [3.63, 3.8) is 0 Å². The van der Waals surface area contributed by atoms with Crippen LogP contribution in [0, 0.1) is 0 Å². The normalized spacial score (nSPS) is 15.5. The molecular formula is C19H19ClN2O2S2. The van der Waals surface area contributed by atoms with E-state index in [0.29, 0.717) is 11.1 Å². The van der Waals surface area contributed by atoms with E-state index in [-0.39, 0.29) is 11.2 Å². The number of amides is 1. The minimum atomic E-state index is -0.265. The maximum absolute atomic E-state index is 12.2. The molecule has 1 aliphatic rings. The van der Waals surface area contributed by atoms with Crippen molar-refractivity contribution in [1.82, 2.24) is 5.43 Å². The standard InChI is InChI=1S/C19H19ClN2O2S2/c1-13(26-18-7-5-15(20)6-8-18)19(23)22-21-10-14-3-2-4-16(9-14)24-17-11-25-12-17/h2-10,13,17H,11-12H2,1H3,(H,22,23)/b21-10-/t13-/m0/s1. The summed E-state index contributed by atoms with van der Waals surface area (Å²) in [6.45, 7) is 1.84. The first-order valence-corrected chi connectivity index (χ1v) is 10.6. The van der Waals surface area contributed by atoms with Crippen molar-refractivity contribution in [2.24, 2.45) is 5.10 Å². The van der Waals surface area contributed by atoms with Crippen LogP contribution in [0.5, 0.6) is 5.75 Å². The lowest BCUT2D eigenvalue weighted by atomic mass is 10.2. The van der Waals surface area contributed by atoms with Gasteiger partial charge in [-0.3, -0.25) is 4.79 Å². The zero-order valence-corrected chi connectivity index (χ0v) is 16.6. The van der Waals surface area contributed by atoms with Crippen molar-refractivity contribution in [1.29, 1.82) is 0 Å². The molecular weight excluding hydrogens is 388 g/mol. The summed E-state index contributed by atoms with van der Waals surface area (Å²) in [5, 5.41) is 4.47. The van der Waals surface area contributed by atoms with E-state index in [1.807, 2.05) is 67.2 Å². The summed E-state index contributed by atoms with van der Waals surface area (Å²) in [5.74, 6) is 2.76. The van der Waals surface area contributed by atoms with Crippen molar-refractivity contribution in [2.75, 3.05) is 11.5 Å². The zero-order valence-electron chi connectivity index (χ0n) is 14.2. The smallest absolute Gasteiger partial charge is 0.253 e. The van der Waals surface area contributed by atoms with Gasteiger partial charge in [-0.05, 0) is 48.9 Å². The minimum Gasteiger partial charge on any atom is -0.489 e. The first kappa shape index (κ1) is 19.1. The van der Waals surface area contributed by atoms with Crippen LogP contribution in [0.25, 0.3) is 0 Å². The molecule has 26 heavy (non-hydrogen) atoms. The Morgan fingerprint density at radius 1 is 1.35 bits per heavy atom. The second kappa shape index (κ2) is 9.35. The predicted molar refractivity (Wildman–Crippen MR) is 111 cm³/mol. The quantitative estimate of drug-likeness (QED) is 0.419. The number of ether oxygens (including phenoxy) is 1. The molecule has 0 aliphatic carbocycles. The van der Waals surface area contributed by atoms with E-state index in [9.17, 15) is 4.79 Å². The largest absolute Gasteiger partial charge is 0.489 e. The molecule has 2 aromatic carbocycles.